The van der Waals surface area contributed by atoms with Gasteiger partial charge in [0.1, 0.15) is 12.4 Å². The molecule has 0 bridgehead atoms. The minimum absolute atomic E-state index is 0.0157. The SMILES string of the molecule is CN(C)C(COc1ccc(F)cc1F)CC(=O)O. The van der Waals surface area contributed by atoms with Crippen molar-refractivity contribution in [2.45, 2.75) is 12.5 Å². The zero-order chi connectivity index (χ0) is 13.7. The topological polar surface area (TPSA) is 49.8 Å². The summed E-state index contributed by atoms with van der Waals surface area (Å²) in [6.07, 6.45) is -0.115. The van der Waals surface area contributed by atoms with Crippen LogP contribution in [0.2, 0.25) is 0 Å². The summed E-state index contributed by atoms with van der Waals surface area (Å²) < 4.78 is 31.1. The molecule has 0 saturated heterocycles. The molecule has 1 aromatic carbocycles. The molecule has 18 heavy (non-hydrogen) atoms. The Balaban J connectivity index is 2.64. The zero-order valence-corrected chi connectivity index (χ0v) is 10.2. The lowest BCUT2D eigenvalue weighted by Crippen LogP contribution is -2.35. The van der Waals surface area contributed by atoms with Gasteiger partial charge in [-0.2, -0.15) is 0 Å². The van der Waals surface area contributed by atoms with Crippen LogP contribution >= 0.6 is 0 Å². The van der Waals surface area contributed by atoms with Crippen LogP contribution in [-0.4, -0.2) is 42.7 Å². The van der Waals surface area contributed by atoms with E-state index < -0.39 is 17.6 Å². The number of halogens is 2. The Bertz CT molecular complexity index is 424. The molecule has 0 aliphatic rings. The van der Waals surface area contributed by atoms with Gasteiger partial charge in [-0.05, 0) is 26.2 Å². The summed E-state index contributed by atoms with van der Waals surface area (Å²) in [4.78, 5) is 12.3. The van der Waals surface area contributed by atoms with Crippen molar-refractivity contribution in [2.24, 2.45) is 0 Å². The quantitative estimate of drug-likeness (QED) is 0.845. The molecular formula is C12H15F2NO3. The molecule has 6 heteroatoms. The monoisotopic (exact) mass is 259 g/mol. The molecule has 0 saturated carbocycles. The van der Waals surface area contributed by atoms with Crippen molar-refractivity contribution < 1.29 is 23.4 Å². The van der Waals surface area contributed by atoms with Gasteiger partial charge in [-0.1, -0.05) is 0 Å². The number of nitrogens with zero attached hydrogens (tertiary/aromatic N) is 1. The van der Waals surface area contributed by atoms with Gasteiger partial charge in [0.05, 0.1) is 12.5 Å². The molecule has 0 amide bonds. The summed E-state index contributed by atoms with van der Waals surface area (Å²) in [5.74, 6) is -2.54. The van der Waals surface area contributed by atoms with Gasteiger partial charge in [0.2, 0.25) is 0 Å². The Labute approximate surface area is 104 Å². The summed E-state index contributed by atoms with van der Waals surface area (Å²) in [6, 6.07) is 2.60. The Morgan fingerprint density at radius 1 is 1.44 bits per heavy atom. The van der Waals surface area contributed by atoms with Gasteiger partial charge in [0.25, 0.3) is 0 Å². The van der Waals surface area contributed by atoms with Gasteiger partial charge in [-0.25, -0.2) is 8.78 Å². The van der Waals surface area contributed by atoms with E-state index in [1.807, 2.05) is 0 Å². The van der Waals surface area contributed by atoms with Crippen LogP contribution < -0.4 is 4.74 Å². The van der Waals surface area contributed by atoms with Crippen molar-refractivity contribution in [1.29, 1.82) is 0 Å². The van der Waals surface area contributed by atoms with E-state index in [9.17, 15) is 13.6 Å². The second-order valence-electron chi connectivity index (χ2n) is 4.10. The highest BCUT2D eigenvalue weighted by molar-refractivity contribution is 5.67. The minimum atomic E-state index is -0.961. The van der Waals surface area contributed by atoms with E-state index in [4.69, 9.17) is 9.84 Å². The minimum Gasteiger partial charge on any atom is -0.489 e. The van der Waals surface area contributed by atoms with Gasteiger partial charge in [-0.3, -0.25) is 4.79 Å². The van der Waals surface area contributed by atoms with Crippen LogP contribution in [0.15, 0.2) is 18.2 Å². The first kappa shape index (κ1) is 14.4. The van der Waals surface area contributed by atoms with Crippen molar-refractivity contribution >= 4 is 5.97 Å². The molecule has 0 radical (unpaired) electrons. The van der Waals surface area contributed by atoms with Crippen LogP contribution in [0.1, 0.15) is 6.42 Å². The fraction of sp³-hybridized carbons (Fsp3) is 0.417. The first-order valence-electron chi connectivity index (χ1n) is 5.36. The van der Waals surface area contributed by atoms with Crippen LogP contribution in [0, 0.1) is 11.6 Å². The average molecular weight is 259 g/mol. The van der Waals surface area contributed by atoms with E-state index >= 15 is 0 Å². The van der Waals surface area contributed by atoms with E-state index in [1.54, 1.807) is 19.0 Å². The first-order chi connectivity index (χ1) is 8.40. The number of carboxylic acids is 1. The molecule has 0 aliphatic heterocycles. The summed E-state index contributed by atoms with van der Waals surface area (Å²) >= 11 is 0. The number of benzene rings is 1. The van der Waals surface area contributed by atoms with E-state index in [1.165, 1.54) is 6.07 Å². The van der Waals surface area contributed by atoms with Gasteiger partial charge in [0, 0.05) is 6.07 Å². The maximum atomic E-state index is 13.3. The Kier molecular flexibility index (Phi) is 5.03. The Morgan fingerprint density at radius 3 is 2.61 bits per heavy atom. The number of aliphatic carboxylic acids is 1. The summed E-state index contributed by atoms with van der Waals surface area (Å²) in [5, 5.41) is 8.72. The molecule has 1 aromatic rings. The third kappa shape index (κ3) is 4.29. The molecule has 0 heterocycles. The highest BCUT2D eigenvalue weighted by Crippen LogP contribution is 2.18. The maximum absolute atomic E-state index is 13.3. The van der Waals surface area contributed by atoms with Crippen LogP contribution in [0.3, 0.4) is 0 Å². The summed E-state index contributed by atoms with van der Waals surface area (Å²) in [6.45, 7) is 0.0157. The van der Waals surface area contributed by atoms with Gasteiger partial charge in [-0.15, -0.1) is 0 Å². The second-order valence-corrected chi connectivity index (χ2v) is 4.10. The number of rotatable bonds is 6. The van der Waals surface area contributed by atoms with Crippen LogP contribution in [0.25, 0.3) is 0 Å². The van der Waals surface area contributed by atoms with Gasteiger partial charge < -0.3 is 14.7 Å². The van der Waals surface area contributed by atoms with Crippen molar-refractivity contribution in [3.63, 3.8) is 0 Å². The van der Waals surface area contributed by atoms with Crippen molar-refractivity contribution in [3.05, 3.63) is 29.8 Å². The predicted octanol–water partition coefficient (Wildman–Crippen LogP) is 1.75. The molecule has 0 aliphatic carbocycles. The highest BCUT2D eigenvalue weighted by atomic mass is 19.1. The lowest BCUT2D eigenvalue weighted by Gasteiger charge is -2.22. The molecule has 1 unspecified atom stereocenters. The van der Waals surface area contributed by atoms with E-state index in [0.29, 0.717) is 0 Å². The zero-order valence-electron chi connectivity index (χ0n) is 10.2. The molecule has 1 rings (SSSR count). The lowest BCUT2D eigenvalue weighted by atomic mass is 10.2. The van der Waals surface area contributed by atoms with Crippen molar-refractivity contribution in [1.82, 2.24) is 4.90 Å². The normalized spacial score (nSPS) is 12.5. The molecule has 0 spiro atoms. The fourth-order valence-electron chi connectivity index (χ4n) is 1.37. The van der Waals surface area contributed by atoms with E-state index in [-0.39, 0.29) is 24.8 Å². The third-order valence-electron chi connectivity index (χ3n) is 2.47. The van der Waals surface area contributed by atoms with Crippen molar-refractivity contribution in [2.75, 3.05) is 20.7 Å². The Hall–Kier alpha value is -1.69. The number of likely N-dealkylation sites (N-methyl/N-ethyl adjacent to an activating group) is 1. The largest absolute Gasteiger partial charge is 0.489 e. The highest BCUT2D eigenvalue weighted by Gasteiger charge is 2.17. The number of carbonyl (C=O) groups is 1. The standard InChI is InChI=1S/C12H15F2NO3/c1-15(2)9(6-12(16)17)7-18-11-4-3-8(13)5-10(11)14/h3-5,9H,6-7H2,1-2H3,(H,16,17). The molecule has 1 atom stereocenters. The number of hydrogen-bond acceptors (Lipinski definition) is 3. The lowest BCUT2D eigenvalue weighted by molar-refractivity contribution is -0.138. The van der Waals surface area contributed by atoms with Crippen LogP contribution in [0.5, 0.6) is 5.75 Å². The van der Waals surface area contributed by atoms with Gasteiger partial charge >= 0.3 is 5.97 Å². The number of hydrogen-bond donors (Lipinski definition) is 1. The van der Waals surface area contributed by atoms with Crippen LogP contribution in [0.4, 0.5) is 8.78 Å². The smallest absolute Gasteiger partial charge is 0.305 e. The second kappa shape index (κ2) is 6.30. The molecule has 1 N–H and O–H groups in total. The molecular weight excluding hydrogens is 244 g/mol. The van der Waals surface area contributed by atoms with E-state index in [0.717, 1.165) is 12.1 Å². The van der Waals surface area contributed by atoms with Gasteiger partial charge in [0.15, 0.2) is 11.6 Å². The third-order valence-corrected chi connectivity index (χ3v) is 2.47. The molecule has 4 nitrogen and oxygen atoms in total. The summed E-state index contributed by atoms with van der Waals surface area (Å²) in [7, 11) is 3.41. The summed E-state index contributed by atoms with van der Waals surface area (Å²) in [5.41, 5.74) is 0. The fourth-order valence-corrected chi connectivity index (χ4v) is 1.37. The Morgan fingerprint density at radius 2 is 2.11 bits per heavy atom. The number of ether oxygens (including phenoxy) is 1. The maximum Gasteiger partial charge on any atom is 0.305 e. The van der Waals surface area contributed by atoms with Crippen molar-refractivity contribution in [3.8, 4) is 5.75 Å². The average Bonchev–Trinajstić information content (AvgIpc) is 2.25. The molecule has 0 fully saturated rings. The number of carboxylic acid groups (broad SMARTS) is 1. The molecule has 0 aromatic heterocycles. The van der Waals surface area contributed by atoms with E-state index in [2.05, 4.69) is 0 Å². The predicted molar refractivity (Wildman–Crippen MR) is 61.6 cm³/mol. The van der Waals surface area contributed by atoms with Crippen LogP contribution in [-0.2, 0) is 4.79 Å². The first-order valence-corrected chi connectivity index (χ1v) is 5.36. The molecule has 100 valence electrons.